The monoisotopic (exact) mass is 308 g/mol. The Morgan fingerprint density at radius 2 is 2.00 bits per heavy atom. The van der Waals surface area contributed by atoms with E-state index in [-0.39, 0.29) is 0 Å². The summed E-state index contributed by atoms with van der Waals surface area (Å²) in [6.07, 6.45) is 6.58. The number of aliphatic hydroxyl groups excluding tert-OH is 1. The maximum atomic E-state index is 10.8. The van der Waals surface area contributed by atoms with E-state index >= 15 is 0 Å². The molecule has 4 N–H and O–H groups in total. The van der Waals surface area contributed by atoms with Crippen molar-refractivity contribution in [3.05, 3.63) is 35.0 Å². The third-order valence-electron chi connectivity index (χ3n) is 3.83. The van der Waals surface area contributed by atoms with Crippen molar-refractivity contribution in [3.8, 4) is 0 Å². The first-order valence-electron chi connectivity index (χ1n) is 7.29. The Kier molecular flexibility index (Phi) is 5.65. The Morgan fingerprint density at radius 3 is 2.57 bits per heavy atom. The number of H-pyrrole nitrogens is 1. The van der Waals surface area contributed by atoms with Crippen molar-refractivity contribution in [1.82, 2.24) is 4.98 Å². The molecule has 0 aliphatic heterocycles. The van der Waals surface area contributed by atoms with Gasteiger partial charge >= 0.3 is 0 Å². The molecule has 114 valence electrons. The number of aliphatic hydroxyl groups is 1. The molecule has 1 aromatic carbocycles. The van der Waals surface area contributed by atoms with E-state index in [1.807, 2.05) is 6.07 Å². The normalized spacial score (nSPS) is 15.5. The Bertz CT molecular complexity index is 603. The van der Waals surface area contributed by atoms with Gasteiger partial charge in [-0.3, -0.25) is 4.79 Å². The van der Waals surface area contributed by atoms with Crippen LogP contribution in [0.3, 0.4) is 0 Å². The van der Waals surface area contributed by atoms with Gasteiger partial charge in [-0.1, -0.05) is 30.9 Å². The third kappa shape index (κ3) is 4.48. The zero-order chi connectivity index (χ0) is 15.2. The highest BCUT2D eigenvalue weighted by Crippen LogP contribution is 2.22. The molecule has 0 bridgehead atoms. The minimum atomic E-state index is -0.465. The van der Waals surface area contributed by atoms with Gasteiger partial charge < -0.3 is 15.8 Å². The average molecular weight is 309 g/mol. The van der Waals surface area contributed by atoms with Crippen LogP contribution in [0.2, 0.25) is 5.02 Å². The second-order valence-corrected chi connectivity index (χ2v) is 5.90. The van der Waals surface area contributed by atoms with Gasteiger partial charge in [0.2, 0.25) is 0 Å². The van der Waals surface area contributed by atoms with Crippen LogP contribution in [0, 0.1) is 5.92 Å². The second-order valence-electron chi connectivity index (χ2n) is 5.47. The lowest BCUT2D eigenvalue weighted by Crippen LogP contribution is -2.10. The first-order chi connectivity index (χ1) is 10.1. The number of carbonyl (C=O) groups is 1. The maximum Gasteiger partial charge on any atom is 0.265 e. The lowest BCUT2D eigenvalue weighted by Gasteiger charge is -2.18. The first kappa shape index (κ1) is 15.9. The van der Waals surface area contributed by atoms with Gasteiger partial charge in [-0.2, -0.15) is 0 Å². The Labute approximate surface area is 129 Å². The number of aromatic nitrogens is 1. The molecule has 1 aliphatic rings. The van der Waals surface area contributed by atoms with Crippen LogP contribution in [-0.2, 0) is 0 Å². The van der Waals surface area contributed by atoms with Gasteiger partial charge in [-0.15, -0.1) is 0 Å². The van der Waals surface area contributed by atoms with Crippen molar-refractivity contribution in [2.24, 2.45) is 11.7 Å². The van der Waals surface area contributed by atoms with E-state index in [0.29, 0.717) is 23.2 Å². The molecule has 1 heterocycles. The largest absolute Gasteiger partial charge is 0.396 e. The van der Waals surface area contributed by atoms with E-state index in [1.165, 1.54) is 32.1 Å². The summed E-state index contributed by atoms with van der Waals surface area (Å²) in [5, 5.41) is 10.2. The average Bonchev–Trinajstić information content (AvgIpc) is 2.92. The zero-order valence-corrected chi connectivity index (χ0v) is 12.7. The van der Waals surface area contributed by atoms with Crippen molar-refractivity contribution in [1.29, 1.82) is 0 Å². The smallest absolute Gasteiger partial charge is 0.265 e. The quantitative estimate of drug-likeness (QED) is 0.794. The van der Waals surface area contributed by atoms with Gasteiger partial charge in [0.1, 0.15) is 5.69 Å². The topological polar surface area (TPSA) is 79.1 Å². The van der Waals surface area contributed by atoms with Crippen LogP contribution in [-0.4, -0.2) is 22.6 Å². The van der Waals surface area contributed by atoms with E-state index < -0.39 is 5.91 Å². The van der Waals surface area contributed by atoms with Gasteiger partial charge in [-0.05, 0) is 43.0 Å². The molecule has 1 fully saturated rings. The molecule has 3 rings (SSSR count). The number of amides is 1. The van der Waals surface area contributed by atoms with Gasteiger partial charge in [0, 0.05) is 22.5 Å². The molecule has 0 atom stereocenters. The van der Waals surface area contributed by atoms with Crippen molar-refractivity contribution >= 4 is 28.4 Å². The number of hydrogen-bond acceptors (Lipinski definition) is 2. The molecule has 0 unspecified atom stereocenters. The van der Waals surface area contributed by atoms with Crippen LogP contribution < -0.4 is 5.73 Å². The summed E-state index contributed by atoms with van der Waals surface area (Å²) in [6.45, 7) is 0.417. The Balaban J connectivity index is 0.000000173. The van der Waals surface area contributed by atoms with Crippen molar-refractivity contribution in [2.75, 3.05) is 6.61 Å². The van der Waals surface area contributed by atoms with Gasteiger partial charge in [-0.25, -0.2) is 0 Å². The molecule has 21 heavy (non-hydrogen) atoms. The molecule has 0 spiro atoms. The molecule has 4 nitrogen and oxygen atoms in total. The Hall–Kier alpha value is -1.52. The molecule has 1 aromatic heterocycles. The second kappa shape index (κ2) is 7.48. The lowest BCUT2D eigenvalue weighted by molar-refractivity contribution is 0.0996. The van der Waals surface area contributed by atoms with E-state index in [4.69, 9.17) is 22.4 Å². The number of rotatable bonds is 2. The molecule has 2 aromatic rings. The summed E-state index contributed by atoms with van der Waals surface area (Å²) in [7, 11) is 0. The highest BCUT2D eigenvalue weighted by Gasteiger charge is 2.10. The maximum absolute atomic E-state index is 10.8. The van der Waals surface area contributed by atoms with E-state index in [1.54, 1.807) is 18.2 Å². The van der Waals surface area contributed by atoms with Crippen LogP contribution in [0.4, 0.5) is 0 Å². The molecule has 0 saturated heterocycles. The molecule has 1 aliphatic carbocycles. The number of benzene rings is 1. The number of fused-ring (bicyclic) bond motifs is 1. The highest BCUT2D eigenvalue weighted by molar-refractivity contribution is 6.31. The van der Waals surface area contributed by atoms with Gasteiger partial charge in [0.15, 0.2) is 0 Å². The summed E-state index contributed by atoms with van der Waals surface area (Å²) in [4.78, 5) is 13.7. The fourth-order valence-corrected chi connectivity index (χ4v) is 2.79. The Morgan fingerprint density at radius 1 is 1.29 bits per heavy atom. The summed E-state index contributed by atoms with van der Waals surface area (Å²) in [5.74, 6) is 0.177. The minimum absolute atomic E-state index is 0.400. The summed E-state index contributed by atoms with van der Waals surface area (Å²) < 4.78 is 0. The SMILES string of the molecule is NC(=O)c1cc2cc(Cl)ccc2[nH]1.OCC1CCCCC1. The van der Waals surface area contributed by atoms with Crippen molar-refractivity contribution < 1.29 is 9.90 Å². The van der Waals surface area contributed by atoms with Gasteiger partial charge in [0.25, 0.3) is 5.91 Å². The molecular weight excluding hydrogens is 288 g/mol. The lowest BCUT2D eigenvalue weighted by atomic mass is 9.90. The molecule has 0 radical (unpaired) electrons. The van der Waals surface area contributed by atoms with Crippen molar-refractivity contribution in [2.45, 2.75) is 32.1 Å². The van der Waals surface area contributed by atoms with Crippen LogP contribution >= 0.6 is 11.6 Å². The number of carbonyl (C=O) groups excluding carboxylic acids is 1. The predicted octanol–water partition coefficient (Wildman–Crippen LogP) is 3.48. The van der Waals surface area contributed by atoms with Crippen molar-refractivity contribution in [3.63, 3.8) is 0 Å². The fraction of sp³-hybridized carbons (Fsp3) is 0.438. The standard InChI is InChI=1S/C9H7ClN2O.C7H14O/c10-6-1-2-7-5(3-6)4-8(12-7)9(11)13;8-6-7-4-2-1-3-5-7/h1-4,12H,(H2,11,13);7-8H,1-6H2. The number of aromatic amines is 1. The summed E-state index contributed by atoms with van der Waals surface area (Å²) in [5.41, 5.74) is 6.37. The molecular formula is C16H21ClN2O2. The van der Waals surface area contributed by atoms with E-state index in [9.17, 15) is 4.79 Å². The molecule has 1 saturated carbocycles. The summed E-state index contributed by atoms with van der Waals surface area (Å²) >= 11 is 5.78. The van der Waals surface area contributed by atoms with Crippen LogP contribution in [0.25, 0.3) is 10.9 Å². The molecule has 5 heteroatoms. The number of nitrogens with two attached hydrogens (primary N) is 1. The molecule has 1 amide bonds. The third-order valence-corrected chi connectivity index (χ3v) is 4.07. The van der Waals surface area contributed by atoms with Crippen LogP contribution in [0.1, 0.15) is 42.6 Å². The van der Waals surface area contributed by atoms with Gasteiger partial charge in [0.05, 0.1) is 0 Å². The van der Waals surface area contributed by atoms with E-state index in [0.717, 1.165) is 10.9 Å². The fourth-order valence-electron chi connectivity index (χ4n) is 2.61. The number of nitrogens with one attached hydrogen (secondary N) is 1. The predicted molar refractivity (Wildman–Crippen MR) is 85.5 cm³/mol. The summed E-state index contributed by atoms with van der Waals surface area (Å²) in [6, 6.07) is 7.03. The minimum Gasteiger partial charge on any atom is -0.396 e. The highest BCUT2D eigenvalue weighted by atomic mass is 35.5. The van der Waals surface area contributed by atoms with E-state index in [2.05, 4.69) is 4.98 Å². The van der Waals surface area contributed by atoms with Crippen LogP contribution in [0.5, 0.6) is 0 Å². The first-order valence-corrected chi connectivity index (χ1v) is 7.67. The van der Waals surface area contributed by atoms with Crippen LogP contribution in [0.15, 0.2) is 24.3 Å². The zero-order valence-electron chi connectivity index (χ0n) is 11.9. The number of primary amides is 1. The number of hydrogen-bond donors (Lipinski definition) is 3. The number of halogens is 1.